The second-order valence-electron chi connectivity index (χ2n) is 6.30. The molecule has 0 radical (unpaired) electrons. The van der Waals surface area contributed by atoms with Crippen molar-refractivity contribution >= 4 is 6.01 Å². The first kappa shape index (κ1) is 16.3. The molecule has 1 atom stereocenters. The fourth-order valence-electron chi connectivity index (χ4n) is 3.00. The Morgan fingerprint density at radius 1 is 1.14 bits per heavy atom. The molecule has 0 aliphatic heterocycles. The highest BCUT2D eigenvalue weighted by Gasteiger charge is 2.20. The highest BCUT2D eigenvalue weighted by Crippen LogP contribution is 2.30. The number of anilines is 1. The second-order valence-corrected chi connectivity index (χ2v) is 6.30. The smallest absolute Gasteiger partial charge is 0.315 e. The fourth-order valence-corrected chi connectivity index (χ4v) is 3.00. The van der Waals surface area contributed by atoms with Gasteiger partial charge < -0.3 is 15.1 Å². The van der Waals surface area contributed by atoms with Gasteiger partial charge in [0.05, 0.1) is 6.04 Å². The maximum Gasteiger partial charge on any atom is 0.315 e. The Balaban J connectivity index is 1.73. The van der Waals surface area contributed by atoms with Gasteiger partial charge in [-0.25, -0.2) is 0 Å². The molecule has 1 unspecified atom stereocenters. The molecule has 120 valence electrons. The first-order valence-electron chi connectivity index (χ1n) is 8.53. The van der Waals surface area contributed by atoms with E-state index in [2.05, 4.69) is 41.6 Å². The molecule has 2 rings (SSSR count). The zero-order valence-electron chi connectivity index (χ0n) is 13.7. The molecule has 1 saturated carbocycles. The van der Waals surface area contributed by atoms with E-state index >= 15 is 0 Å². The van der Waals surface area contributed by atoms with E-state index in [0.29, 0.717) is 11.9 Å². The Bertz CT molecular complexity index is 399. The van der Waals surface area contributed by atoms with Gasteiger partial charge in [0, 0.05) is 6.54 Å². The van der Waals surface area contributed by atoms with Crippen molar-refractivity contribution in [1.82, 2.24) is 15.5 Å². The minimum atomic E-state index is 0.119. The van der Waals surface area contributed by atoms with Gasteiger partial charge in [-0.15, -0.1) is 5.10 Å². The Morgan fingerprint density at radius 3 is 2.52 bits per heavy atom. The second kappa shape index (κ2) is 8.37. The lowest BCUT2D eigenvalue weighted by Gasteiger charge is -2.27. The third kappa shape index (κ3) is 4.99. The van der Waals surface area contributed by atoms with E-state index in [0.717, 1.165) is 31.3 Å². The van der Waals surface area contributed by atoms with Crippen molar-refractivity contribution in [3.8, 4) is 0 Å². The molecule has 21 heavy (non-hydrogen) atoms. The molecule has 2 N–H and O–H groups in total. The monoisotopic (exact) mass is 294 g/mol. The van der Waals surface area contributed by atoms with Gasteiger partial charge in [0.15, 0.2) is 0 Å². The van der Waals surface area contributed by atoms with Crippen LogP contribution in [0.1, 0.15) is 71.2 Å². The maximum atomic E-state index is 5.68. The van der Waals surface area contributed by atoms with Crippen LogP contribution in [0.3, 0.4) is 0 Å². The summed E-state index contributed by atoms with van der Waals surface area (Å²) < 4.78 is 5.68. The maximum absolute atomic E-state index is 5.68. The number of nitrogens with zero attached hydrogens (tertiary/aromatic N) is 2. The van der Waals surface area contributed by atoms with Gasteiger partial charge in [0.1, 0.15) is 0 Å². The molecule has 1 heterocycles. The molecule has 0 aromatic carbocycles. The molecule has 5 heteroatoms. The summed E-state index contributed by atoms with van der Waals surface area (Å²) in [6.07, 6.45) is 7.81. The largest absolute Gasteiger partial charge is 0.406 e. The standard InChI is InChI=1S/C16H30N4O/c1-4-10-17-12(3)15-19-20-16(21-15)18-11-14-8-6-13(5-2)7-9-14/h12-14,17H,4-11H2,1-3H3,(H,18,20). The average molecular weight is 294 g/mol. The summed E-state index contributed by atoms with van der Waals surface area (Å²) in [6, 6.07) is 0.681. The first-order chi connectivity index (χ1) is 10.2. The van der Waals surface area contributed by atoms with E-state index < -0.39 is 0 Å². The zero-order chi connectivity index (χ0) is 15.1. The summed E-state index contributed by atoms with van der Waals surface area (Å²) in [5.74, 6) is 2.36. The number of hydrogen-bond donors (Lipinski definition) is 2. The van der Waals surface area contributed by atoms with Crippen LogP contribution >= 0.6 is 0 Å². The molecule has 0 saturated heterocycles. The Morgan fingerprint density at radius 2 is 1.86 bits per heavy atom. The Labute approximate surface area is 128 Å². The van der Waals surface area contributed by atoms with Gasteiger partial charge in [0.25, 0.3) is 0 Å². The minimum Gasteiger partial charge on any atom is -0.406 e. The molecule has 0 bridgehead atoms. The summed E-state index contributed by atoms with van der Waals surface area (Å²) in [7, 11) is 0. The van der Waals surface area contributed by atoms with Gasteiger partial charge in [0.2, 0.25) is 5.89 Å². The number of nitrogens with one attached hydrogen (secondary N) is 2. The summed E-state index contributed by atoms with van der Waals surface area (Å²) in [6.45, 7) is 8.42. The van der Waals surface area contributed by atoms with Gasteiger partial charge in [-0.3, -0.25) is 0 Å². The van der Waals surface area contributed by atoms with Gasteiger partial charge >= 0.3 is 6.01 Å². The molecule has 1 fully saturated rings. The average Bonchev–Trinajstić information content (AvgIpc) is 3.00. The molecule has 0 spiro atoms. The van der Waals surface area contributed by atoms with E-state index in [4.69, 9.17) is 4.42 Å². The highest BCUT2D eigenvalue weighted by molar-refractivity contribution is 5.17. The lowest BCUT2D eigenvalue weighted by molar-refractivity contribution is 0.277. The molecule has 5 nitrogen and oxygen atoms in total. The normalized spacial score (nSPS) is 24.0. The van der Waals surface area contributed by atoms with Crippen molar-refractivity contribution in [3.05, 3.63) is 5.89 Å². The van der Waals surface area contributed by atoms with E-state index in [-0.39, 0.29) is 6.04 Å². The van der Waals surface area contributed by atoms with Crippen LogP contribution in [0.2, 0.25) is 0 Å². The van der Waals surface area contributed by atoms with Crippen molar-refractivity contribution in [2.75, 3.05) is 18.4 Å². The van der Waals surface area contributed by atoms with Crippen molar-refractivity contribution in [2.45, 2.75) is 65.3 Å². The van der Waals surface area contributed by atoms with E-state index in [1.165, 1.54) is 32.1 Å². The lowest BCUT2D eigenvalue weighted by Crippen LogP contribution is -2.21. The number of hydrogen-bond acceptors (Lipinski definition) is 5. The minimum absolute atomic E-state index is 0.119. The number of aromatic nitrogens is 2. The van der Waals surface area contributed by atoms with Crippen molar-refractivity contribution in [1.29, 1.82) is 0 Å². The van der Waals surface area contributed by atoms with Crippen LogP contribution in [0.15, 0.2) is 4.42 Å². The van der Waals surface area contributed by atoms with Crippen LogP contribution in [-0.4, -0.2) is 23.3 Å². The van der Waals surface area contributed by atoms with E-state index in [1.807, 2.05) is 0 Å². The molecule has 1 aliphatic carbocycles. The first-order valence-corrected chi connectivity index (χ1v) is 8.53. The number of rotatable bonds is 8. The van der Waals surface area contributed by atoms with Gasteiger partial charge in [-0.2, -0.15) is 0 Å². The van der Waals surface area contributed by atoms with Crippen molar-refractivity contribution in [3.63, 3.8) is 0 Å². The van der Waals surface area contributed by atoms with E-state index in [1.54, 1.807) is 0 Å². The summed E-state index contributed by atoms with van der Waals surface area (Å²) >= 11 is 0. The van der Waals surface area contributed by atoms with Crippen molar-refractivity contribution < 1.29 is 4.42 Å². The van der Waals surface area contributed by atoms with Crippen LogP contribution in [-0.2, 0) is 0 Å². The third-order valence-electron chi connectivity index (χ3n) is 4.60. The predicted octanol–water partition coefficient (Wildman–Crippen LogP) is 3.76. The fraction of sp³-hybridized carbons (Fsp3) is 0.875. The third-order valence-corrected chi connectivity index (χ3v) is 4.60. The highest BCUT2D eigenvalue weighted by atomic mass is 16.4. The molecule has 0 amide bonds. The van der Waals surface area contributed by atoms with Crippen LogP contribution in [0.4, 0.5) is 6.01 Å². The SMILES string of the molecule is CCCNC(C)c1nnc(NCC2CCC(CC)CC2)o1. The summed E-state index contributed by atoms with van der Waals surface area (Å²) in [5, 5.41) is 14.9. The predicted molar refractivity (Wildman–Crippen MR) is 85.2 cm³/mol. The molecule has 1 aliphatic rings. The van der Waals surface area contributed by atoms with Gasteiger partial charge in [-0.05, 0) is 44.6 Å². The Kier molecular flexibility index (Phi) is 6.49. The summed E-state index contributed by atoms with van der Waals surface area (Å²) in [5.41, 5.74) is 0. The molecular formula is C16H30N4O. The van der Waals surface area contributed by atoms with Crippen LogP contribution in [0.5, 0.6) is 0 Å². The zero-order valence-corrected chi connectivity index (χ0v) is 13.7. The van der Waals surface area contributed by atoms with Crippen molar-refractivity contribution in [2.24, 2.45) is 11.8 Å². The quantitative estimate of drug-likeness (QED) is 0.764. The molecular weight excluding hydrogens is 264 g/mol. The van der Waals surface area contributed by atoms with Gasteiger partial charge in [-0.1, -0.05) is 38.2 Å². The van der Waals surface area contributed by atoms with Crippen LogP contribution in [0, 0.1) is 11.8 Å². The lowest BCUT2D eigenvalue weighted by atomic mass is 9.81. The van der Waals surface area contributed by atoms with E-state index in [9.17, 15) is 0 Å². The van der Waals surface area contributed by atoms with Crippen LogP contribution in [0.25, 0.3) is 0 Å². The summed E-state index contributed by atoms with van der Waals surface area (Å²) in [4.78, 5) is 0. The molecule has 1 aromatic heterocycles. The Hall–Kier alpha value is -1.10. The topological polar surface area (TPSA) is 63.0 Å². The van der Waals surface area contributed by atoms with Crippen LogP contribution < -0.4 is 10.6 Å². The molecule has 1 aromatic rings.